The van der Waals surface area contributed by atoms with Crippen LogP contribution in [0.25, 0.3) is 10.9 Å². The van der Waals surface area contributed by atoms with E-state index in [0.29, 0.717) is 23.7 Å². The second kappa shape index (κ2) is 13.9. The van der Waals surface area contributed by atoms with Gasteiger partial charge in [-0.25, -0.2) is 4.98 Å². The summed E-state index contributed by atoms with van der Waals surface area (Å²) in [6.07, 6.45) is 6.54. The molecule has 1 unspecified atom stereocenters. The molecule has 0 aliphatic carbocycles. The number of aromatic nitrogens is 2. The van der Waals surface area contributed by atoms with E-state index in [-0.39, 0.29) is 18.6 Å². The van der Waals surface area contributed by atoms with Gasteiger partial charge in [0.15, 0.2) is 0 Å². The predicted octanol–water partition coefficient (Wildman–Crippen LogP) is 4.52. The van der Waals surface area contributed by atoms with Crippen molar-refractivity contribution in [1.29, 1.82) is 0 Å². The Hall–Kier alpha value is -4.21. The van der Waals surface area contributed by atoms with Crippen molar-refractivity contribution in [3.05, 3.63) is 84.2 Å². The van der Waals surface area contributed by atoms with Gasteiger partial charge < -0.3 is 25.2 Å². The number of aryl methyl sites for hydroxylation is 1. The summed E-state index contributed by atoms with van der Waals surface area (Å²) in [5, 5.41) is 15.8. The fraction of sp³-hybridized carbons (Fsp3) is 0.344. The van der Waals surface area contributed by atoms with Crippen molar-refractivity contribution < 1.29 is 14.7 Å². The molecule has 1 aliphatic heterocycles. The Kier molecular flexibility index (Phi) is 10.1. The third-order valence-corrected chi connectivity index (χ3v) is 7.81. The van der Waals surface area contributed by atoms with Crippen LogP contribution in [0.2, 0.25) is 0 Å². The van der Waals surface area contributed by atoms with Gasteiger partial charge in [0.05, 0.1) is 6.61 Å². The first-order valence-corrected chi connectivity index (χ1v) is 14.0. The number of likely N-dealkylation sites (tertiary alicyclic amines) is 1. The highest BCUT2D eigenvalue weighted by molar-refractivity contribution is 6.04. The van der Waals surface area contributed by atoms with Crippen LogP contribution >= 0.6 is 0 Å². The zero-order valence-corrected chi connectivity index (χ0v) is 24.2. The Morgan fingerprint density at radius 1 is 1.10 bits per heavy atom. The summed E-state index contributed by atoms with van der Waals surface area (Å²) in [6, 6.07) is 20.5. The van der Waals surface area contributed by atoms with Crippen molar-refractivity contribution in [3.63, 3.8) is 0 Å². The van der Waals surface area contributed by atoms with E-state index < -0.39 is 0 Å². The van der Waals surface area contributed by atoms with Crippen LogP contribution < -0.4 is 15.5 Å². The minimum absolute atomic E-state index is 0.170. The van der Waals surface area contributed by atoms with Crippen LogP contribution in [0.15, 0.2) is 73.1 Å². The van der Waals surface area contributed by atoms with Crippen LogP contribution in [0.3, 0.4) is 0 Å². The number of rotatable bonds is 8. The van der Waals surface area contributed by atoms with Gasteiger partial charge in [0.1, 0.15) is 5.82 Å². The third kappa shape index (κ3) is 7.31. The Balaban J connectivity index is 0.000000909. The summed E-state index contributed by atoms with van der Waals surface area (Å²) >= 11 is 0. The number of hydrogen-bond acceptors (Lipinski definition) is 6. The molecule has 1 saturated heterocycles. The zero-order valence-electron chi connectivity index (χ0n) is 24.2. The van der Waals surface area contributed by atoms with E-state index in [0.717, 1.165) is 37.3 Å². The fourth-order valence-electron chi connectivity index (χ4n) is 5.21. The number of hydrogen-bond donors (Lipinski definition) is 3. The van der Waals surface area contributed by atoms with Crippen molar-refractivity contribution in [2.75, 3.05) is 44.0 Å². The molecule has 2 aromatic heterocycles. The van der Waals surface area contributed by atoms with Crippen LogP contribution in [-0.4, -0.2) is 71.7 Å². The molecule has 41 heavy (non-hydrogen) atoms. The maximum Gasteiger partial charge on any atom is 0.256 e. The van der Waals surface area contributed by atoms with Gasteiger partial charge in [-0.3, -0.25) is 14.5 Å². The number of benzene rings is 2. The lowest BCUT2D eigenvalue weighted by molar-refractivity contribution is -0.109. The number of fused-ring (bicyclic) bond motifs is 1. The van der Waals surface area contributed by atoms with Gasteiger partial charge in [-0.05, 0) is 86.8 Å². The Morgan fingerprint density at radius 2 is 1.78 bits per heavy atom. The maximum absolute atomic E-state index is 13.0. The van der Waals surface area contributed by atoms with E-state index in [2.05, 4.69) is 79.5 Å². The number of aliphatic hydroxyl groups excluding tert-OH is 1. The van der Waals surface area contributed by atoms with Crippen molar-refractivity contribution in [3.8, 4) is 0 Å². The summed E-state index contributed by atoms with van der Waals surface area (Å²) in [4.78, 5) is 30.8. The molecule has 2 amide bonds. The van der Waals surface area contributed by atoms with Crippen LogP contribution in [0.4, 0.5) is 17.2 Å². The molecule has 216 valence electrons. The highest BCUT2D eigenvalue weighted by atomic mass is 16.3. The summed E-state index contributed by atoms with van der Waals surface area (Å²) in [7, 11) is 5.62. The Morgan fingerprint density at radius 3 is 2.44 bits per heavy atom. The second-order valence-electron chi connectivity index (χ2n) is 10.5. The number of aliphatic hydroxyl groups is 1. The minimum atomic E-state index is -0.170. The molecule has 2 aromatic carbocycles. The second-order valence-corrected chi connectivity index (χ2v) is 10.5. The van der Waals surface area contributed by atoms with Crippen molar-refractivity contribution in [2.45, 2.75) is 31.7 Å². The molecule has 1 aliphatic rings. The molecule has 3 N–H and O–H groups in total. The summed E-state index contributed by atoms with van der Waals surface area (Å²) in [5.74, 6) is 0.837. The minimum Gasteiger partial charge on any atom is -0.395 e. The Bertz CT molecular complexity index is 1440. The highest BCUT2D eigenvalue weighted by Gasteiger charge is 2.23. The SMILES string of the molecule is CC(CO)N1CCC(c2ccc(C(=O)Nc3cc(N(C)c4ccc5c(ccn5C)c4)ccn3)cc2)CC1.CNC=O. The molecular weight excluding hydrogens is 516 g/mol. The van der Waals surface area contributed by atoms with Gasteiger partial charge >= 0.3 is 0 Å². The van der Waals surface area contributed by atoms with Crippen LogP contribution in [0.5, 0.6) is 0 Å². The van der Waals surface area contributed by atoms with Gasteiger partial charge in [0, 0.05) is 73.5 Å². The summed E-state index contributed by atoms with van der Waals surface area (Å²) in [5.41, 5.74) is 5.08. The number of carbonyl (C=O) groups is 2. The van der Waals surface area contributed by atoms with Gasteiger partial charge in [-0.2, -0.15) is 0 Å². The van der Waals surface area contributed by atoms with Gasteiger partial charge in [-0.15, -0.1) is 0 Å². The molecule has 0 radical (unpaired) electrons. The monoisotopic (exact) mass is 556 g/mol. The Labute approximate surface area is 241 Å². The van der Waals surface area contributed by atoms with Crippen molar-refractivity contribution >= 4 is 40.4 Å². The average molecular weight is 557 g/mol. The number of nitrogens with zero attached hydrogens (tertiary/aromatic N) is 4. The standard InChI is InChI=1S/C30H35N5O2.C2H5NO/c1-21(20-36)35-16-12-23(13-17-35)22-4-6-24(7-5-22)30(37)32-29-19-27(10-14-31-29)34(3)26-8-9-28-25(18-26)11-15-33(28)2;1-3-2-4/h4-11,14-15,18-19,21,23,36H,12-13,16-17,20H2,1-3H3,(H,31,32,37);2H,1H3,(H,3,4). The smallest absolute Gasteiger partial charge is 0.256 e. The largest absolute Gasteiger partial charge is 0.395 e. The molecular formula is C32H40N6O3. The van der Waals surface area contributed by atoms with Crippen LogP contribution in [0, 0.1) is 0 Å². The lowest BCUT2D eigenvalue weighted by atomic mass is 9.88. The first kappa shape index (κ1) is 29.8. The topological polar surface area (TPSA) is 103 Å². The number of pyridine rings is 1. The predicted molar refractivity (Wildman–Crippen MR) is 165 cm³/mol. The van der Waals surface area contributed by atoms with E-state index in [9.17, 15) is 9.90 Å². The highest BCUT2D eigenvalue weighted by Crippen LogP contribution is 2.30. The van der Waals surface area contributed by atoms with Gasteiger partial charge in [0.25, 0.3) is 5.91 Å². The molecule has 0 bridgehead atoms. The van der Waals surface area contributed by atoms with Crippen LogP contribution in [0.1, 0.15) is 41.6 Å². The molecule has 4 aromatic rings. The molecule has 9 nitrogen and oxygen atoms in total. The lowest BCUT2D eigenvalue weighted by Crippen LogP contribution is -2.41. The first-order chi connectivity index (χ1) is 19.8. The number of piperidine rings is 1. The van der Waals surface area contributed by atoms with Crippen molar-refractivity contribution in [1.82, 2.24) is 19.8 Å². The van der Waals surface area contributed by atoms with E-state index in [1.807, 2.05) is 38.4 Å². The molecule has 0 spiro atoms. The molecule has 0 saturated carbocycles. The van der Waals surface area contributed by atoms with Gasteiger partial charge in [0.2, 0.25) is 6.41 Å². The molecule has 9 heteroatoms. The number of amides is 2. The lowest BCUT2D eigenvalue weighted by Gasteiger charge is -2.35. The summed E-state index contributed by atoms with van der Waals surface area (Å²) in [6.45, 7) is 4.25. The molecule has 5 rings (SSSR count). The number of carbonyl (C=O) groups excluding carboxylic acids is 2. The summed E-state index contributed by atoms with van der Waals surface area (Å²) < 4.78 is 2.11. The first-order valence-electron chi connectivity index (χ1n) is 14.0. The zero-order chi connectivity index (χ0) is 29.4. The van der Waals surface area contributed by atoms with Gasteiger partial charge in [-0.1, -0.05) is 12.1 Å². The quantitative estimate of drug-likeness (QED) is 0.276. The van der Waals surface area contributed by atoms with Crippen LogP contribution in [-0.2, 0) is 11.8 Å². The van der Waals surface area contributed by atoms with E-state index >= 15 is 0 Å². The molecule has 1 atom stereocenters. The number of nitrogens with one attached hydrogen (secondary N) is 2. The van der Waals surface area contributed by atoms with E-state index in [4.69, 9.17) is 4.79 Å². The number of anilines is 3. The third-order valence-electron chi connectivity index (χ3n) is 7.81. The van der Waals surface area contributed by atoms with E-state index in [1.54, 1.807) is 13.2 Å². The molecule has 3 heterocycles. The van der Waals surface area contributed by atoms with E-state index in [1.165, 1.54) is 16.5 Å². The molecule has 1 fully saturated rings. The normalized spacial score (nSPS) is 14.6. The maximum atomic E-state index is 13.0. The van der Waals surface area contributed by atoms with Crippen molar-refractivity contribution in [2.24, 2.45) is 7.05 Å². The average Bonchev–Trinajstić information content (AvgIpc) is 3.40. The fourth-order valence-corrected chi connectivity index (χ4v) is 5.21.